The monoisotopic (exact) mass is 348 g/mol. The maximum atomic E-state index is 12.5. The molecule has 0 saturated heterocycles. The molecule has 1 aromatic carbocycles. The molecule has 2 rings (SSSR count). The Morgan fingerprint density at radius 1 is 1.21 bits per heavy atom. The highest BCUT2D eigenvalue weighted by atomic mass is 35.5. The minimum atomic E-state index is -0.163. The molecule has 0 radical (unpaired) electrons. The van der Waals surface area contributed by atoms with Crippen molar-refractivity contribution in [3.63, 3.8) is 0 Å². The first-order valence-electron chi connectivity index (χ1n) is 8.33. The topological polar surface area (TPSA) is 44.1 Å². The summed E-state index contributed by atoms with van der Waals surface area (Å²) in [5, 5.41) is 5.12. The van der Waals surface area contributed by atoms with Crippen LogP contribution < -0.4 is 4.74 Å². The predicted molar refractivity (Wildman–Crippen MR) is 97.4 cm³/mol. The summed E-state index contributed by atoms with van der Waals surface area (Å²) in [6, 6.07) is 3.69. The van der Waals surface area contributed by atoms with E-state index in [2.05, 4.69) is 12.0 Å². The van der Waals surface area contributed by atoms with Gasteiger partial charge in [0.15, 0.2) is 6.61 Å². The van der Waals surface area contributed by atoms with Gasteiger partial charge in [-0.2, -0.15) is 5.10 Å². The van der Waals surface area contributed by atoms with Gasteiger partial charge in [-0.3, -0.25) is 4.79 Å². The number of nitrogens with zero attached hydrogens (tertiary/aromatic N) is 2. The zero-order valence-electron chi connectivity index (χ0n) is 15.1. The van der Waals surface area contributed by atoms with Crippen LogP contribution in [-0.2, 0) is 6.42 Å². The van der Waals surface area contributed by atoms with Crippen LogP contribution in [0.1, 0.15) is 52.6 Å². The maximum absolute atomic E-state index is 12.5. The number of unbranched alkanes of at least 4 members (excludes halogenated alkanes) is 1. The van der Waals surface area contributed by atoms with Crippen molar-refractivity contribution >= 4 is 17.5 Å². The van der Waals surface area contributed by atoms with Gasteiger partial charge in [0.2, 0.25) is 0 Å². The number of ether oxygens (including phenoxy) is 1. The minimum Gasteiger partial charge on any atom is -0.484 e. The molecule has 0 spiro atoms. The highest BCUT2D eigenvalue weighted by Crippen LogP contribution is 2.26. The Bertz CT molecular complexity index is 727. The van der Waals surface area contributed by atoms with Crippen molar-refractivity contribution in [1.29, 1.82) is 0 Å². The molecule has 1 heterocycles. The SMILES string of the molecule is CCCCc1c(C)nn(C(=O)COc2cc(C)c(Cl)c(C)c2)c1C. The first-order chi connectivity index (χ1) is 11.3. The second-order valence-corrected chi connectivity index (χ2v) is 6.60. The van der Waals surface area contributed by atoms with Gasteiger partial charge < -0.3 is 4.74 Å². The normalized spacial score (nSPS) is 10.9. The van der Waals surface area contributed by atoms with Gasteiger partial charge in [-0.15, -0.1) is 0 Å². The van der Waals surface area contributed by atoms with E-state index in [0.29, 0.717) is 5.75 Å². The molecule has 0 amide bonds. The summed E-state index contributed by atoms with van der Waals surface area (Å²) in [6.07, 6.45) is 3.18. The van der Waals surface area contributed by atoms with Crippen molar-refractivity contribution in [3.05, 3.63) is 45.2 Å². The standard InChI is InChI=1S/C19H25ClN2O2/c1-6-7-8-17-14(4)21-22(15(17)5)18(23)11-24-16-9-12(2)19(20)13(3)10-16/h9-10H,6-8,11H2,1-5H3. The highest BCUT2D eigenvalue weighted by Gasteiger charge is 2.17. The van der Waals surface area contributed by atoms with E-state index in [1.165, 1.54) is 10.2 Å². The number of benzene rings is 1. The van der Waals surface area contributed by atoms with Gasteiger partial charge in [0.25, 0.3) is 5.91 Å². The van der Waals surface area contributed by atoms with Crippen molar-refractivity contribution < 1.29 is 9.53 Å². The maximum Gasteiger partial charge on any atom is 0.284 e. The molecular weight excluding hydrogens is 324 g/mol. The van der Waals surface area contributed by atoms with E-state index in [9.17, 15) is 4.79 Å². The van der Waals surface area contributed by atoms with Crippen LogP contribution in [-0.4, -0.2) is 22.3 Å². The lowest BCUT2D eigenvalue weighted by Crippen LogP contribution is -2.22. The number of carbonyl (C=O) groups is 1. The molecule has 0 bridgehead atoms. The van der Waals surface area contributed by atoms with Gasteiger partial charge in [0.05, 0.1) is 5.69 Å². The van der Waals surface area contributed by atoms with Gasteiger partial charge in [0.1, 0.15) is 5.75 Å². The third kappa shape index (κ3) is 3.99. The van der Waals surface area contributed by atoms with Crippen molar-refractivity contribution in [2.24, 2.45) is 0 Å². The summed E-state index contributed by atoms with van der Waals surface area (Å²) in [5.74, 6) is 0.485. The lowest BCUT2D eigenvalue weighted by Gasteiger charge is -2.10. The first kappa shape index (κ1) is 18.5. The van der Waals surface area contributed by atoms with E-state index >= 15 is 0 Å². The van der Waals surface area contributed by atoms with Crippen molar-refractivity contribution in [1.82, 2.24) is 9.78 Å². The van der Waals surface area contributed by atoms with E-state index in [1.807, 2.05) is 39.8 Å². The van der Waals surface area contributed by atoms with Crippen molar-refractivity contribution in [3.8, 4) is 5.75 Å². The Hall–Kier alpha value is -1.81. The molecule has 0 aliphatic rings. The molecule has 4 nitrogen and oxygen atoms in total. The Labute approximate surface area is 148 Å². The summed E-state index contributed by atoms with van der Waals surface area (Å²) in [5.41, 5.74) is 4.88. The Balaban J connectivity index is 2.10. The molecule has 0 atom stereocenters. The summed E-state index contributed by atoms with van der Waals surface area (Å²) < 4.78 is 7.12. The second kappa shape index (κ2) is 7.84. The number of hydrogen-bond donors (Lipinski definition) is 0. The number of halogens is 1. The predicted octanol–water partition coefficient (Wildman–Crippen LogP) is 4.83. The van der Waals surface area contributed by atoms with Gasteiger partial charge in [0, 0.05) is 10.7 Å². The average molecular weight is 349 g/mol. The molecule has 1 aromatic heterocycles. The van der Waals surface area contributed by atoms with Gasteiger partial charge in [-0.05, 0) is 69.4 Å². The number of carbonyl (C=O) groups excluding carboxylic acids is 1. The molecular formula is C19H25ClN2O2. The van der Waals surface area contributed by atoms with Crippen molar-refractivity contribution in [2.75, 3.05) is 6.61 Å². The van der Waals surface area contributed by atoms with Crippen LogP contribution in [0.5, 0.6) is 5.75 Å². The Kier molecular flexibility index (Phi) is 6.05. The van der Waals surface area contributed by atoms with Crippen LogP contribution in [0.15, 0.2) is 12.1 Å². The molecule has 0 unspecified atom stereocenters. The van der Waals surface area contributed by atoms with Crippen LogP contribution in [0, 0.1) is 27.7 Å². The van der Waals surface area contributed by atoms with Crippen LogP contribution >= 0.6 is 11.6 Å². The zero-order chi connectivity index (χ0) is 17.9. The molecule has 2 aromatic rings. The third-order valence-electron chi connectivity index (χ3n) is 4.23. The minimum absolute atomic E-state index is 0.0459. The first-order valence-corrected chi connectivity index (χ1v) is 8.70. The van der Waals surface area contributed by atoms with E-state index in [0.717, 1.165) is 46.8 Å². The van der Waals surface area contributed by atoms with E-state index in [-0.39, 0.29) is 12.5 Å². The highest BCUT2D eigenvalue weighted by molar-refractivity contribution is 6.32. The van der Waals surface area contributed by atoms with Crippen LogP contribution in [0.3, 0.4) is 0 Å². The largest absolute Gasteiger partial charge is 0.484 e. The van der Waals surface area contributed by atoms with E-state index < -0.39 is 0 Å². The Morgan fingerprint density at radius 2 is 1.83 bits per heavy atom. The van der Waals surface area contributed by atoms with Gasteiger partial charge in [-0.1, -0.05) is 24.9 Å². The fourth-order valence-corrected chi connectivity index (χ4v) is 2.94. The molecule has 0 N–H and O–H groups in total. The van der Waals surface area contributed by atoms with Gasteiger partial charge >= 0.3 is 0 Å². The third-order valence-corrected chi connectivity index (χ3v) is 4.83. The zero-order valence-corrected chi connectivity index (χ0v) is 15.8. The van der Waals surface area contributed by atoms with E-state index in [4.69, 9.17) is 16.3 Å². The molecule has 0 saturated carbocycles. The van der Waals surface area contributed by atoms with Gasteiger partial charge in [-0.25, -0.2) is 4.68 Å². The fraction of sp³-hybridized carbons (Fsp3) is 0.474. The van der Waals surface area contributed by atoms with E-state index in [1.54, 1.807) is 0 Å². The lowest BCUT2D eigenvalue weighted by atomic mass is 10.1. The second-order valence-electron chi connectivity index (χ2n) is 6.22. The number of rotatable bonds is 6. The fourth-order valence-electron chi connectivity index (χ4n) is 2.83. The molecule has 0 aliphatic heterocycles. The summed E-state index contributed by atoms with van der Waals surface area (Å²) >= 11 is 6.15. The van der Waals surface area contributed by atoms with Crippen LogP contribution in [0.4, 0.5) is 0 Å². The molecule has 5 heteroatoms. The van der Waals surface area contributed by atoms with Crippen LogP contribution in [0.25, 0.3) is 0 Å². The molecule has 0 fully saturated rings. The average Bonchev–Trinajstić information content (AvgIpc) is 2.82. The number of aryl methyl sites for hydroxylation is 3. The summed E-state index contributed by atoms with van der Waals surface area (Å²) in [6.45, 7) is 9.85. The Morgan fingerprint density at radius 3 is 2.42 bits per heavy atom. The smallest absolute Gasteiger partial charge is 0.284 e. The van der Waals surface area contributed by atoms with Crippen LogP contribution in [0.2, 0.25) is 5.02 Å². The molecule has 24 heavy (non-hydrogen) atoms. The molecule has 0 aliphatic carbocycles. The van der Waals surface area contributed by atoms with Crippen molar-refractivity contribution in [2.45, 2.75) is 53.9 Å². The number of hydrogen-bond acceptors (Lipinski definition) is 3. The lowest BCUT2D eigenvalue weighted by molar-refractivity contribution is 0.0818. The molecule has 130 valence electrons. The summed E-state index contributed by atoms with van der Waals surface area (Å²) in [4.78, 5) is 12.5. The quantitative estimate of drug-likeness (QED) is 0.750. The number of aromatic nitrogens is 2. The summed E-state index contributed by atoms with van der Waals surface area (Å²) in [7, 11) is 0.